The number of halogens is 3. The first-order chi connectivity index (χ1) is 15.3. The summed E-state index contributed by atoms with van der Waals surface area (Å²) in [7, 11) is 0. The molecule has 0 saturated carbocycles. The second kappa shape index (κ2) is 8.91. The summed E-state index contributed by atoms with van der Waals surface area (Å²) in [5.41, 5.74) is 0.613. The van der Waals surface area contributed by atoms with E-state index in [1.54, 1.807) is 12.1 Å². The van der Waals surface area contributed by atoms with Crippen molar-refractivity contribution in [2.24, 2.45) is 4.99 Å². The summed E-state index contributed by atoms with van der Waals surface area (Å²) in [6.07, 6.45) is -3.08. The number of rotatable bonds is 5. The first-order valence-corrected chi connectivity index (χ1v) is 9.84. The van der Waals surface area contributed by atoms with Gasteiger partial charge >= 0.3 is 6.36 Å². The molecule has 2 aromatic carbocycles. The van der Waals surface area contributed by atoms with Crippen LogP contribution in [0.3, 0.4) is 0 Å². The van der Waals surface area contributed by atoms with Gasteiger partial charge in [-0.15, -0.1) is 13.2 Å². The van der Waals surface area contributed by atoms with Crippen molar-refractivity contribution in [3.8, 4) is 11.5 Å². The van der Waals surface area contributed by atoms with Crippen molar-refractivity contribution >= 4 is 22.6 Å². The Morgan fingerprint density at radius 1 is 1.19 bits per heavy atom. The maximum atomic E-state index is 12.9. The number of alkyl halides is 3. The van der Waals surface area contributed by atoms with Crippen molar-refractivity contribution in [1.29, 1.82) is 0 Å². The van der Waals surface area contributed by atoms with Crippen LogP contribution >= 0.6 is 0 Å². The highest BCUT2D eigenvalue weighted by Crippen LogP contribution is 2.25. The van der Waals surface area contributed by atoms with Gasteiger partial charge in [0.1, 0.15) is 22.6 Å². The zero-order chi connectivity index (χ0) is 22.7. The largest absolute Gasteiger partial charge is 0.573 e. The molecule has 1 saturated heterocycles. The minimum Gasteiger partial charge on any atom is -0.508 e. The number of hydrogen-bond acceptors (Lipinski definition) is 6. The van der Waals surface area contributed by atoms with Crippen LogP contribution in [0.1, 0.15) is 23.2 Å². The molecule has 1 atom stereocenters. The van der Waals surface area contributed by atoms with E-state index in [1.165, 1.54) is 24.3 Å². The van der Waals surface area contributed by atoms with Crippen molar-refractivity contribution in [1.82, 2.24) is 5.32 Å². The van der Waals surface area contributed by atoms with Gasteiger partial charge in [0.15, 0.2) is 0 Å². The van der Waals surface area contributed by atoms with Gasteiger partial charge in [0, 0.05) is 24.6 Å². The van der Waals surface area contributed by atoms with Crippen molar-refractivity contribution in [3.63, 3.8) is 0 Å². The molecule has 2 N–H and O–H groups in total. The molecule has 1 aliphatic heterocycles. The zero-order valence-corrected chi connectivity index (χ0v) is 16.7. The van der Waals surface area contributed by atoms with Crippen LogP contribution in [-0.2, 0) is 4.74 Å². The number of benzene rings is 2. The van der Waals surface area contributed by atoms with Crippen LogP contribution in [0.4, 0.5) is 18.9 Å². The quantitative estimate of drug-likeness (QED) is 0.611. The molecule has 0 radical (unpaired) electrons. The number of carbonyl (C=O) groups is 1. The third-order valence-corrected chi connectivity index (χ3v) is 4.79. The standard InChI is InChI=1S/C22H19F3N2O5/c23-22(24,25)32-16-7-4-14(5-8-16)27-21-18(20(29)26-12-17-2-1-9-30-17)10-13-3-6-15(28)11-19(13)31-21/h3-8,10-11,17,28H,1-2,9,12H2,(H,26,29). The number of nitrogens with one attached hydrogen (secondary N) is 1. The maximum Gasteiger partial charge on any atom is 0.573 e. The lowest BCUT2D eigenvalue weighted by Gasteiger charge is -2.11. The van der Waals surface area contributed by atoms with E-state index in [-0.39, 0.29) is 34.2 Å². The highest BCUT2D eigenvalue weighted by Gasteiger charge is 2.31. The van der Waals surface area contributed by atoms with E-state index in [9.17, 15) is 23.1 Å². The first kappa shape index (κ1) is 21.7. The number of aromatic hydroxyl groups is 1. The summed E-state index contributed by atoms with van der Waals surface area (Å²) >= 11 is 0. The molecule has 7 nitrogen and oxygen atoms in total. The van der Waals surface area contributed by atoms with Gasteiger partial charge in [0.2, 0.25) is 5.55 Å². The molecule has 0 aliphatic carbocycles. The van der Waals surface area contributed by atoms with Crippen LogP contribution in [0, 0.1) is 0 Å². The average Bonchev–Trinajstić information content (AvgIpc) is 3.25. The topological polar surface area (TPSA) is 93.3 Å². The predicted octanol–water partition coefficient (Wildman–Crippen LogP) is 4.18. The molecule has 1 aliphatic rings. The van der Waals surface area contributed by atoms with Crippen LogP contribution < -0.4 is 15.6 Å². The van der Waals surface area contributed by atoms with Gasteiger partial charge < -0.3 is 24.3 Å². The minimum atomic E-state index is -4.80. The van der Waals surface area contributed by atoms with Gasteiger partial charge in [-0.3, -0.25) is 4.79 Å². The monoisotopic (exact) mass is 448 g/mol. The van der Waals surface area contributed by atoms with E-state index in [0.717, 1.165) is 25.0 Å². The van der Waals surface area contributed by atoms with Crippen molar-refractivity contribution in [2.45, 2.75) is 25.3 Å². The summed E-state index contributed by atoms with van der Waals surface area (Å²) in [5.74, 6) is -0.863. The predicted molar refractivity (Wildman–Crippen MR) is 108 cm³/mol. The molecule has 1 amide bonds. The SMILES string of the molecule is O=C(NCC1CCCO1)c1cc2ccc(O)cc2oc1=Nc1ccc(OC(F)(F)F)cc1. The average molecular weight is 448 g/mol. The molecule has 0 spiro atoms. The van der Waals surface area contributed by atoms with Crippen molar-refractivity contribution in [2.75, 3.05) is 13.2 Å². The Balaban J connectivity index is 1.68. The number of ether oxygens (including phenoxy) is 2. The van der Waals surface area contributed by atoms with Crippen LogP contribution in [-0.4, -0.2) is 36.6 Å². The summed E-state index contributed by atoms with van der Waals surface area (Å²) in [4.78, 5) is 17.1. The molecular weight excluding hydrogens is 429 g/mol. The molecule has 4 rings (SSSR count). The number of hydrogen-bond donors (Lipinski definition) is 2. The smallest absolute Gasteiger partial charge is 0.508 e. The van der Waals surface area contributed by atoms with E-state index in [0.29, 0.717) is 18.5 Å². The van der Waals surface area contributed by atoms with E-state index < -0.39 is 18.0 Å². The Morgan fingerprint density at radius 2 is 1.97 bits per heavy atom. The van der Waals surface area contributed by atoms with Gasteiger partial charge in [0.25, 0.3) is 5.91 Å². The van der Waals surface area contributed by atoms with E-state index in [4.69, 9.17) is 9.15 Å². The lowest BCUT2D eigenvalue weighted by molar-refractivity contribution is -0.274. The van der Waals surface area contributed by atoms with Gasteiger partial charge in [-0.25, -0.2) is 4.99 Å². The van der Waals surface area contributed by atoms with E-state index >= 15 is 0 Å². The van der Waals surface area contributed by atoms with Crippen LogP contribution in [0.25, 0.3) is 11.0 Å². The Labute approximate surface area is 180 Å². The number of nitrogens with zero attached hydrogens (tertiary/aromatic N) is 1. The number of phenols is 1. The van der Waals surface area contributed by atoms with Gasteiger partial charge in [0.05, 0.1) is 11.8 Å². The summed E-state index contributed by atoms with van der Waals surface area (Å²) < 4.78 is 52.2. The molecule has 0 bridgehead atoms. The molecule has 3 aromatic rings. The lowest BCUT2D eigenvalue weighted by atomic mass is 10.1. The Bertz CT molecular complexity index is 1180. The van der Waals surface area contributed by atoms with Gasteiger partial charge in [-0.2, -0.15) is 0 Å². The maximum absolute atomic E-state index is 12.9. The van der Waals surface area contributed by atoms with Crippen molar-refractivity contribution < 1.29 is 37.0 Å². The highest BCUT2D eigenvalue weighted by molar-refractivity contribution is 5.96. The normalized spacial score (nSPS) is 17.0. The number of phenolic OH excluding ortho intramolecular Hbond substituents is 1. The first-order valence-electron chi connectivity index (χ1n) is 9.84. The van der Waals surface area contributed by atoms with Crippen molar-refractivity contribution in [3.05, 3.63) is 59.6 Å². The molecule has 2 heterocycles. The fraction of sp³-hybridized carbons (Fsp3) is 0.273. The molecule has 1 unspecified atom stereocenters. The van der Waals surface area contributed by atoms with Crippen LogP contribution in [0.15, 0.2) is 57.9 Å². The molecule has 1 aromatic heterocycles. The molecule has 1 fully saturated rings. The molecule has 32 heavy (non-hydrogen) atoms. The zero-order valence-electron chi connectivity index (χ0n) is 16.7. The van der Waals surface area contributed by atoms with Crippen LogP contribution in [0.2, 0.25) is 0 Å². The Hall–Kier alpha value is -3.53. The highest BCUT2D eigenvalue weighted by atomic mass is 19.4. The molecule has 10 heteroatoms. The Kier molecular flexibility index (Phi) is 6.04. The molecule has 168 valence electrons. The number of fused-ring (bicyclic) bond motifs is 1. The summed E-state index contributed by atoms with van der Waals surface area (Å²) in [5, 5.41) is 13.1. The van der Waals surface area contributed by atoms with Crippen LogP contribution in [0.5, 0.6) is 11.5 Å². The summed E-state index contributed by atoms with van der Waals surface area (Å²) in [6.45, 7) is 0.985. The van der Waals surface area contributed by atoms with E-state index in [1.807, 2.05) is 0 Å². The van der Waals surface area contributed by atoms with Gasteiger partial charge in [-0.05, 0) is 55.3 Å². The lowest BCUT2D eigenvalue weighted by Crippen LogP contribution is -2.34. The number of amides is 1. The second-order valence-corrected chi connectivity index (χ2v) is 7.19. The minimum absolute atomic E-state index is 0.0311. The third kappa shape index (κ3) is 5.38. The second-order valence-electron chi connectivity index (χ2n) is 7.19. The summed E-state index contributed by atoms with van der Waals surface area (Å²) in [6, 6.07) is 10.8. The fourth-order valence-corrected chi connectivity index (χ4v) is 3.30. The third-order valence-electron chi connectivity index (χ3n) is 4.79. The van der Waals surface area contributed by atoms with E-state index in [2.05, 4.69) is 15.0 Å². The fourth-order valence-electron chi connectivity index (χ4n) is 3.30. The molecular formula is C22H19F3N2O5. The number of carbonyl (C=O) groups excluding carboxylic acids is 1. The Morgan fingerprint density at radius 3 is 2.66 bits per heavy atom. The van der Waals surface area contributed by atoms with Gasteiger partial charge in [-0.1, -0.05) is 0 Å².